The van der Waals surface area contributed by atoms with Crippen molar-refractivity contribution in [2.24, 2.45) is 56.7 Å². The van der Waals surface area contributed by atoms with Gasteiger partial charge in [0.1, 0.15) is 10.5 Å². The first-order valence-corrected chi connectivity index (χ1v) is 30.2. The van der Waals surface area contributed by atoms with Crippen LogP contribution in [0.5, 0.6) is 0 Å². The topological polar surface area (TPSA) is 201 Å². The van der Waals surface area contributed by atoms with Gasteiger partial charge in [0.05, 0.1) is 53.3 Å². The highest BCUT2D eigenvalue weighted by atomic mass is 32.1. The number of hydrogen-bond donors (Lipinski definition) is 2. The highest BCUT2D eigenvalue weighted by molar-refractivity contribution is 7.09. The molecule has 0 bridgehead atoms. The standard InChI is InChI=1S/3C10H15F2N3.2C9H13F2N3.C9H12F2N2S/c1-7(2)9(5-10(11,12)6-9)8-4-15(3)14-13-8;1-7(2)9(5-10(11,12)6-9)8-4-13-14-15(8)3;1-7(2)9(5-10(11,12)6-9)8-4-13-15(3)14-8;2*1-6(2)8(4-9(10,11)5-8)7-3-12-14-13-7;1-6(2)8(3-9(10,11)4-8)7-13-12-5-14-7/h3*4,7H,5-6H2,1-3H3;2*3,6H,4-5H2,1-2H3,(H,12,13,14);5-6H,3-4H2,1-2H3. The molecule has 6 fully saturated rings. The van der Waals surface area contributed by atoms with Gasteiger partial charge in [0.15, 0.2) is 0 Å². The Morgan fingerprint density at radius 3 is 1.03 bits per heavy atom. The van der Waals surface area contributed by atoms with Gasteiger partial charge in [-0.25, -0.2) is 52.7 Å². The van der Waals surface area contributed by atoms with Crippen LogP contribution in [0.2, 0.25) is 0 Å². The Bertz CT molecular complexity index is 2870. The minimum atomic E-state index is -2.53. The van der Waals surface area contributed by atoms with Crippen molar-refractivity contribution >= 4 is 11.3 Å². The largest absolute Gasteiger partial charge is 0.255 e. The number of aryl methyl sites for hydroxylation is 3. The van der Waals surface area contributed by atoms with Crippen molar-refractivity contribution in [3.8, 4) is 0 Å². The third-order valence-corrected chi connectivity index (χ3v) is 20.5. The molecule has 6 aromatic rings. The Hall–Kier alpha value is -5.58. The average molecular weight is 1270 g/mol. The number of aromatic amines is 2. The van der Waals surface area contributed by atoms with Crippen LogP contribution < -0.4 is 0 Å². The lowest BCUT2D eigenvalue weighted by molar-refractivity contribution is -0.143. The van der Waals surface area contributed by atoms with E-state index in [9.17, 15) is 52.7 Å². The maximum Gasteiger partial charge on any atom is 0.250 e. The van der Waals surface area contributed by atoms with E-state index in [-0.39, 0.29) is 113 Å². The molecular weight excluding hydrogens is 1180 g/mol. The zero-order chi connectivity index (χ0) is 65.0. The Morgan fingerprint density at radius 2 is 0.770 bits per heavy atom. The summed E-state index contributed by atoms with van der Waals surface area (Å²) in [5.41, 5.74) is 2.39. The van der Waals surface area contributed by atoms with Gasteiger partial charge >= 0.3 is 0 Å². The van der Waals surface area contributed by atoms with Gasteiger partial charge in [0.2, 0.25) is 35.5 Å². The molecular formula is C57H83F12N17S. The van der Waals surface area contributed by atoms with E-state index >= 15 is 0 Å². The second-order valence-electron chi connectivity index (χ2n) is 27.3. The summed E-state index contributed by atoms with van der Waals surface area (Å²) in [6.45, 7) is 23.5. The summed E-state index contributed by atoms with van der Waals surface area (Å²) < 4.78 is 159. The lowest BCUT2D eigenvalue weighted by Crippen LogP contribution is -2.53. The van der Waals surface area contributed by atoms with Crippen LogP contribution in [0, 0.1) is 35.5 Å². The van der Waals surface area contributed by atoms with E-state index in [1.54, 1.807) is 67.0 Å². The molecule has 0 radical (unpaired) electrons. The van der Waals surface area contributed by atoms with Gasteiger partial charge in [-0.05, 0) is 35.5 Å². The van der Waals surface area contributed by atoms with Crippen molar-refractivity contribution in [2.45, 2.75) is 228 Å². The summed E-state index contributed by atoms with van der Waals surface area (Å²) in [5.74, 6) is -14.1. The van der Waals surface area contributed by atoms with Crippen molar-refractivity contribution in [1.29, 1.82) is 0 Å². The molecule has 6 aliphatic carbocycles. The Kier molecular flexibility index (Phi) is 19.3. The van der Waals surface area contributed by atoms with Gasteiger partial charge in [-0.2, -0.15) is 45.8 Å². The molecule has 0 aromatic carbocycles. The molecule has 6 saturated carbocycles. The smallest absolute Gasteiger partial charge is 0.250 e. The molecule has 17 nitrogen and oxygen atoms in total. The number of alkyl halides is 12. The number of H-pyrrole nitrogens is 2. The molecule has 0 atom stereocenters. The molecule has 6 aromatic heterocycles. The van der Waals surface area contributed by atoms with Gasteiger partial charge in [-0.3, -0.25) is 9.36 Å². The molecule has 486 valence electrons. The van der Waals surface area contributed by atoms with E-state index < -0.39 is 68.0 Å². The van der Waals surface area contributed by atoms with Crippen LogP contribution in [0.4, 0.5) is 52.7 Å². The Morgan fingerprint density at radius 1 is 0.414 bits per heavy atom. The van der Waals surface area contributed by atoms with E-state index in [0.717, 1.165) is 10.7 Å². The summed E-state index contributed by atoms with van der Waals surface area (Å²) in [7, 11) is 5.21. The van der Waals surface area contributed by atoms with Crippen molar-refractivity contribution in [2.75, 3.05) is 0 Å². The Balaban J connectivity index is 0.000000149. The summed E-state index contributed by atoms with van der Waals surface area (Å²) in [6.07, 6.45) is 6.91. The summed E-state index contributed by atoms with van der Waals surface area (Å²) in [4.78, 5) is 1.43. The van der Waals surface area contributed by atoms with Crippen molar-refractivity contribution in [3.63, 3.8) is 0 Å². The molecule has 6 heterocycles. The first kappa shape index (κ1) is 68.9. The van der Waals surface area contributed by atoms with Gasteiger partial charge in [0, 0.05) is 137 Å². The lowest BCUT2D eigenvalue weighted by Gasteiger charge is -2.49. The molecule has 0 amide bonds. The minimum absolute atomic E-state index is 0.0765. The zero-order valence-electron chi connectivity index (χ0n) is 52.1. The van der Waals surface area contributed by atoms with Crippen LogP contribution in [0.1, 0.15) is 194 Å². The normalized spacial score (nSPS) is 23.1. The predicted octanol–water partition coefficient (Wildman–Crippen LogP) is 13.5. The van der Waals surface area contributed by atoms with Crippen LogP contribution in [0.15, 0.2) is 36.5 Å². The van der Waals surface area contributed by atoms with E-state index in [1.165, 1.54) is 16.1 Å². The van der Waals surface area contributed by atoms with Crippen LogP contribution in [0.3, 0.4) is 0 Å². The first-order chi connectivity index (χ1) is 40.0. The summed E-state index contributed by atoms with van der Waals surface area (Å²) in [5, 5.41) is 52.1. The van der Waals surface area contributed by atoms with Crippen LogP contribution >= 0.6 is 11.3 Å². The highest BCUT2D eigenvalue weighted by Gasteiger charge is 2.64. The van der Waals surface area contributed by atoms with E-state index in [0.29, 0.717) is 22.8 Å². The van der Waals surface area contributed by atoms with Crippen molar-refractivity contribution < 1.29 is 52.7 Å². The fraction of sp³-hybridized carbons (Fsp3) is 0.789. The number of nitrogens with one attached hydrogen (secondary N) is 2. The zero-order valence-corrected chi connectivity index (χ0v) is 52.9. The lowest BCUT2D eigenvalue weighted by atomic mass is 9.58. The quantitative estimate of drug-likeness (QED) is 0.110. The first-order valence-electron chi connectivity index (χ1n) is 29.3. The third kappa shape index (κ3) is 14.1. The molecule has 0 unspecified atom stereocenters. The van der Waals surface area contributed by atoms with Gasteiger partial charge in [0.25, 0.3) is 0 Å². The number of halogens is 12. The van der Waals surface area contributed by atoms with Crippen LogP contribution in [0.25, 0.3) is 0 Å². The second-order valence-corrected chi connectivity index (χ2v) is 28.1. The highest BCUT2D eigenvalue weighted by Crippen LogP contribution is 2.61. The second kappa shape index (κ2) is 24.3. The molecule has 0 saturated heterocycles. The maximum absolute atomic E-state index is 13.1. The van der Waals surface area contributed by atoms with Crippen molar-refractivity contribution in [1.82, 2.24) is 86.0 Å². The fourth-order valence-corrected chi connectivity index (χ4v) is 14.5. The minimum Gasteiger partial charge on any atom is -0.255 e. The molecule has 2 N–H and O–H groups in total. The maximum atomic E-state index is 13.1. The fourth-order valence-electron chi connectivity index (χ4n) is 13.6. The number of rotatable bonds is 12. The summed E-state index contributed by atoms with van der Waals surface area (Å²) >= 11 is 1.38. The van der Waals surface area contributed by atoms with E-state index in [2.05, 4.69) is 71.8 Å². The summed E-state index contributed by atoms with van der Waals surface area (Å²) in [6, 6.07) is 0. The molecule has 87 heavy (non-hydrogen) atoms. The predicted molar refractivity (Wildman–Crippen MR) is 300 cm³/mol. The molecule has 0 aliphatic heterocycles. The Labute approximate surface area is 503 Å². The van der Waals surface area contributed by atoms with Gasteiger partial charge in [-0.1, -0.05) is 93.5 Å². The molecule has 30 heteroatoms. The van der Waals surface area contributed by atoms with E-state index in [1.807, 2.05) is 83.1 Å². The number of aromatic nitrogens is 17. The molecule has 6 aliphatic rings. The number of nitrogens with zero attached hydrogens (tertiary/aromatic N) is 15. The average Bonchev–Trinajstić information content (AvgIpc) is 1.78. The van der Waals surface area contributed by atoms with Gasteiger partial charge in [-0.15, -0.1) is 31.7 Å². The van der Waals surface area contributed by atoms with E-state index in [4.69, 9.17) is 0 Å². The van der Waals surface area contributed by atoms with Crippen LogP contribution in [-0.4, -0.2) is 122 Å². The SMILES string of the molecule is CC(C)C1(c2cn(C)nn2)CC(F)(F)C1.CC(C)C1(c2cn[nH]n2)CC(F)(F)C1.CC(C)C1(c2cn[nH]n2)CC(F)(F)C1.CC(C)C1(c2cnn(C)n2)CC(F)(F)C1.CC(C)C1(c2cnnn2C)CC(F)(F)C1.CC(C)C1(c2nncs2)CC(F)(F)C1. The third-order valence-electron chi connectivity index (χ3n) is 19.6. The monoisotopic (exact) mass is 1270 g/mol. The molecule has 0 spiro atoms. The number of hydrogen-bond acceptors (Lipinski definition) is 13. The van der Waals surface area contributed by atoms with Crippen molar-refractivity contribution in [3.05, 3.63) is 70.0 Å². The van der Waals surface area contributed by atoms with Crippen LogP contribution in [-0.2, 0) is 53.6 Å². The molecule has 12 rings (SSSR count). The van der Waals surface area contributed by atoms with Gasteiger partial charge < -0.3 is 0 Å².